The number of piperidine rings is 1. The van der Waals surface area contributed by atoms with E-state index in [0.29, 0.717) is 23.6 Å². The van der Waals surface area contributed by atoms with Gasteiger partial charge in [0.05, 0.1) is 34.8 Å². The van der Waals surface area contributed by atoms with Gasteiger partial charge in [-0.15, -0.1) is 0 Å². The number of anilines is 2. The SMILES string of the molecule is CC(C)(C)CC(=O)Nc1cncc(-c2cc3c(-c4nc5c(N6CCCCC6)nccc5[nH]4)n[nH]c3cn2)c1. The van der Waals surface area contributed by atoms with Gasteiger partial charge in [0.15, 0.2) is 11.6 Å². The third-order valence-electron chi connectivity index (χ3n) is 6.72. The Hall–Kier alpha value is -4.34. The molecule has 1 fully saturated rings. The molecule has 10 heteroatoms. The summed E-state index contributed by atoms with van der Waals surface area (Å²) >= 11 is 0. The number of fused-ring (bicyclic) bond motifs is 2. The van der Waals surface area contributed by atoms with Crippen LogP contribution in [0.4, 0.5) is 11.5 Å². The van der Waals surface area contributed by atoms with Gasteiger partial charge in [-0.2, -0.15) is 5.10 Å². The molecule has 5 aromatic heterocycles. The number of imidazole rings is 1. The van der Waals surface area contributed by atoms with Crippen molar-refractivity contribution in [2.75, 3.05) is 23.3 Å². The van der Waals surface area contributed by atoms with E-state index in [1.54, 1.807) is 18.6 Å². The lowest BCUT2D eigenvalue weighted by molar-refractivity contribution is -0.117. The zero-order valence-electron chi connectivity index (χ0n) is 21.9. The van der Waals surface area contributed by atoms with Crippen LogP contribution in [0.2, 0.25) is 0 Å². The van der Waals surface area contributed by atoms with Crippen LogP contribution >= 0.6 is 0 Å². The van der Waals surface area contributed by atoms with Gasteiger partial charge >= 0.3 is 0 Å². The van der Waals surface area contributed by atoms with Crippen LogP contribution in [0, 0.1) is 5.41 Å². The van der Waals surface area contributed by atoms with E-state index in [1.807, 2.05) is 45.2 Å². The van der Waals surface area contributed by atoms with Crippen molar-refractivity contribution in [3.63, 3.8) is 0 Å². The lowest BCUT2D eigenvalue weighted by atomic mass is 9.92. The molecule has 0 radical (unpaired) electrons. The number of rotatable bonds is 5. The molecule has 194 valence electrons. The molecular formula is C28H31N9O. The summed E-state index contributed by atoms with van der Waals surface area (Å²) in [4.78, 5) is 36.7. The van der Waals surface area contributed by atoms with Gasteiger partial charge in [-0.05, 0) is 42.9 Å². The monoisotopic (exact) mass is 509 g/mol. The van der Waals surface area contributed by atoms with Gasteiger partial charge in [0.25, 0.3) is 0 Å². The molecule has 0 atom stereocenters. The molecule has 10 nitrogen and oxygen atoms in total. The van der Waals surface area contributed by atoms with Crippen LogP contribution < -0.4 is 10.2 Å². The summed E-state index contributed by atoms with van der Waals surface area (Å²) in [6.07, 6.45) is 11.0. The van der Waals surface area contributed by atoms with Crippen LogP contribution in [0.3, 0.4) is 0 Å². The van der Waals surface area contributed by atoms with Gasteiger partial charge in [0.1, 0.15) is 11.2 Å². The van der Waals surface area contributed by atoms with E-state index in [0.717, 1.165) is 52.1 Å². The Morgan fingerprint density at radius 1 is 1.05 bits per heavy atom. The van der Waals surface area contributed by atoms with E-state index in [4.69, 9.17) is 4.98 Å². The average Bonchev–Trinajstić information content (AvgIpc) is 3.51. The summed E-state index contributed by atoms with van der Waals surface area (Å²) in [6.45, 7) is 8.11. The molecule has 0 aliphatic carbocycles. The van der Waals surface area contributed by atoms with Crippen LogP contribution in [-0.2, 0) is 4.79 Å². The van der Waals surface area contributed by atoms with E-state index in [1.165, 1.54) is 19.3 Å². The summed E-state index contributed by atoms with van der Waals surface area (Å²) in [6, 6.07) is 5.81. The molecule has 6 heterocycles. The highest BCUT2D eigenvalue weighted by Gasteiger charge is 2.20. The topological polar surface area (TPSA) is 128 Å². The van der Waals surface area contributed by atoms with Crippen molar-refractivity contribution in [2.45, 2.75) is 46.5 Å². The number of nitrogens with zero attached hydrogens (tertiary/aromatic N) is 6. The molecule has 6 rings (SSSR count). The van der Waals surface area contributed by atoms with E-state index in [2.05, 4.69) is 40.3 Å². The molecular weight excluding hydrogens is 478 g/mol. The van der Waals surface area contributed by atoms with Crippen molar-refractivity contribution in [1.82, 2.24) is 35.1 Å². The predicted octanol–water partition coefficient (Wildman–Crippen LogP) is 5.32. The molecule has 0 bridgehead atoms. The quantitative estimate of drug-likeness (QED) is 0.292. The minimum atomic E-state index is -0.0966. The third-order valence-corrected chi connectivity index (χ3v) is 6.72. The first-order valence-corrected chi connectivity index (χ1v) is 13.0. The molecule has 0 spiro atoms. The summed E-state index contributed by atoms with van der Waals surface area (Å²) in [5, 5.41) is 11.5. The lowest BCUT2D eigenvalue weighted by Crippen LogP contribution is -2.30. The van der Waals surface area contributed by atoms with Gasteiger partial charge in [-0.1, -0.05) is 20.8 Å². The Morgan fingerprint density at radius 2 is 1.89 bits per heavy atom. The van der Waals surface area contributed by atoms with Crippen LogP contribution in [0.25, 0.3) is 44.7 Å². The van der Waals surface area contributed by atoms with Crippen LogP contribution in [-0.4, -0.2) is 54.1 Å². The average molecular weight is 510 g/mol. The fourth-order valence-electron chi connectivity index (χ4n) is 4.96. The third kappa shape index (κ3) is 4.81. The van der Waals surface area contributed by atoms with Crippen molar-refractivity contribution in [3.8, 4) is 22.8 Å². The molecule has 3 N–H and O–H groups in total. The number of carbonyl (C=O) groups is 1. The fourth-order valence-corrected chi connectivity index (χ4v) is 4.96. The maximum Gasteiger partial charge on any atom is 0.224 e. The second-order valence-corrected chi connectivity index (χ2v) is 11.1. The van der Waals surface area contributed by atoms with Gasteiger partial charge in [0.2, 0.25) is 5.91 Å². The number of aromatic amines is 2. The van der Waals surface area contributed by atoms with Crippen LogP contribution in [0.1, 0.15) is 46.5 Å². The van der Waals surface area contributed by atoms with Gasteiger partial charge in [-0.3, -0.25) is 19.9 Å². The zero-order valence-corrected chi connectivity index (χ0v) is 21.9. The molecule has 1 aliphatic heterocycles. The molecule has 1 saturated heterocycles. The number of hydrogen-bond acceptors (Lipinski definition) is 7. The standard InChI is InChI=1S/C28H31N9O/c1-28(2,3)13-23(38)32-18-11-17(14-29-15-18)21-12-19-22(16-31-21)35-36-24(19)26-33-20-7-8-30-27(25(20)34-26)37-9-5-4-6-10-37/h7-8,11-12,14-16H,4-6,9-10,13H2,1-3H3,(H,32,38)(H,33,34)(H,35,36). The van der Waals surface area contributed by atoms with Crippen LogP contribution in [0.15, 0.2) is 43.0 Å². The summed E-state index contributed by atoms with van der Waals surface area (Å²) in [5.74, 6) is 1.56. The van der Waals surface area contributed by atoms with Crippen molar-refractivity contribution in [2.24, 2.45) is 5.41 Å². The molecule has 0 unspecified atom stereocenters. The summed E-state index contributed by atoms with van der Waals surface area (Å²) < 4.78 is 0. The first-order chi connectivity index (χ1) is 18.3. The Kier molecular flexibility index (Phi) is 6.01. The molecule has 38 heavy (non-hydrogen) atoms. The molecule has 0 aromatic carbocycles. The van der Waals surface area contributed by atoms with E-state index in [-0.39, 0.29) is 11.3 Å². The van der Waals surface area contributed by atoms with Crippen LogP contribution in [0.5, 0.6) is 0 Å². The zero-order chi connectivity index (χ0) is 26.3. The predicted molar refractivity (Wildman–Crippen MR) is 149 cm³/mol. The molecule has 1 amide bonds. The summed E-state index contributed by atoms with van der Waals surface area (Å²) in [7, 11) is 0. The molecule has 1 aliphatic rings. The van der Waals surface area contributed by atoms with Crippen molar-refractivity contribution in [3.05, 3.63) is 43.0 Å². The minimum absolute atomic E-state index is 0.0414. The smallest absolute Gasteiger partial charge is 0.224 e. The highest BCUT2D eigenvalue weighted by Crippen LogP contribution is 2.32. The lowest BCUT2D eigenvalue weighted by Gasteiger charge is -2.27. The number of H-pyrrole nitrogens is 2. The number of carbonyl (C=O) groups excluding carboxylic acids is 1. The fraction of sp³-hybridized carbons (Fsp3) is 0.357. The Bertz CT molecular complexity index is 1620. The number of amides is 1. The molecule has 0 saturated carbocycles. The van der Waals surface area contributed by atoms with Gasteiger partial charge in [0, 0.05) is 42.9 Å². The minimum Gasteiger partial charge on any atom is -0.355 e. The van der Waals surface area contributed by atoms with E-state index < -0.39 is 0 Å². The van der Waals surface area contributed by atoms with E-state index in [9.17, 15) is 4.79 Å². The Balaban J connectivity index is 1.33. The normalized spacial score (nSPS) is 14.3. The summed E-state index contributed by atoms with van der Waals surface area (Å²) in [5.41, 5.74) is 5.39. The second-order valence-electron chi connectivity index (χ2n) is 11.1. The van der Waals surface area contributed by atoms with Gasteiger partial charge in [-0.25, -0.2) is 9.97 Å². The first kappa shape index (κ1) is 24.0. The van der Waals surface area contributed by atoms with Crippen molar-refractivity contribution < 1.29 is 4.79 Å². The maximum atomic E-state index is 12.4. The largest absolute Gasteiger partial charge is 0.355 e. The van der Waals surface area contributed by atoms with Crippen molar-refractivity contribution in [1.29, 1.82) is 0 Å². The Labute approximate surface area is 220 Å². The maximum absolute atomic E-state index is 12.4. The van der Waals surface area contributed by atoms with Gasteiger partial charge < -0.3 is 15.2 Å². The Morgan fingerprint density at radius 3 is 2.71 bits per heavy atom. The number of hydrogen-bond donors (Lipinski definition) is 3. The first-order valence-electron chi connectivity index (χ1n) is 13.0. The number of aromatic nitrogens is 7. The second kappa shape index (κ2) is 9.51. The molecule has 5 aromatic rings. The highest BCUT2D eigenvalue weighted by atomic mass is 16.1. The van der Waals surface area contributed by atoms with Crippen molar-refractivity contribution >= 4 is 39.3 Å². The van der Waals surface area contributed by atoms with E-state index >= 15 is 0 Å². The highest BCUT2D eigenvalue weighted by molar-refractivity contribution is 5.96. The number of pyridine rings is 3. The number of nitrogens with one attached hydrogen (secondary N) is 3.